The van der Waals surface area contributed by atoms with Crippen LogP contribution in [0.4, 0.5) is 0 Å². The van der Waals surface area contributed by atoms with Crippen molar-refractivity contribution in [1.29, 1.82) is 0 Å². The highest BCUT2D eigenvalue weighted by Crippen LogP contribution is 2.09. The summed E-state index contributed by atoms with van der Waals surface area (Å²) in [6, 6.07) is 0. The monoisotopic (exact) mass is 572 g/mol. The van der Waals surface area contributed by atoms with E-state index in [2.05, 4.69) is 44.2 Å². The summed E-state index contributed by atoms with van der Waals surface area (Å²) in [6.45, 7) is 3.81. The zero-order valence-corrected chi connectivity index (χ0v) is 25.6. The number of aliphatic hydroxyl groups is 2. The first-order valence-electron chi connectivity index (χ1n) is 15.6. The van der Waals surface area contributed by atoms with Crippen LogP contribution in [0.2, 0.25) is 0 Å². The molecule has 232 valence electrons. The molecule has 0 aromatic rings. The van der Waals surface area contributed by atoms with Gasteiger partial charge in [0.15, 0.2) is 6.10 Å². The third-order valence-electron chi connectivity index (χ3n) is 6.11. The van der Waals surface area contributed by atoms with Gasteiger partial charge in [-0.25, -0.2) is 0 Å². The molecule has 0 radical (unpaired) electrons. The molecule has 0 aliphatic carbocycles. The van der Waals surface area contributed by atoms with Gasteiger partial charge in [0.2, 0.25) is 0 Å². The van der Waals surface area contributed by atoms with Crippen molar-refractivity contribution < 1.29 is 29.3 Å². The Balaban J connectivity index is 3.89. The lowest BCUT2D eigenvalue weighted by molar-refractivity contribution is -0.161. The first-order chi connectivity index (χ1) is 20.0. The van der Waals surface area contributed by atoms with Gasteiger partial charge in [-0.1, -0.05) is 125 Å². The van der Waals surface area contributed by atoms with Gasteiger partial charge in [-0.15, -0.1) is 0 Å². The Morgan fingerprint density at radius 1 is 0.707 bits per heavy atom. The molecule has 0 fully saturated rings. The SMILES string of the molecule is CC/C=C\C/C=C\CC(O)/C=C/C=C\C/C=C\C/C=C\CCC(=O)O[C@@H](CO)COC(=O)CCCCCCCCC. The van der Waals surface area contributed by atoms with Gasteiger partial charge in [0.05, 0.1) is 12.7 Å². The maximum atomic E-state index is 12.0. The number of carbonyl (C=O) groups excluding carboxylic acids is 2. The van der Waals surface area contributed by atoms with Crippen molar-refractivity contribution in [3.63, 3.8) is 0 Å². The molecular formula is C35H56O6. The van der Waals surface area contributed by atoms with E-state index in [-0.39, 0.29) is 25.6 Å². The molecule has 41 heavy (non-hydrogen) atoms. The normalized spacial score (nSPS) is 14.0. The number of esters is 2. The van der Waals surface area contributed by atoms with Crippen molar-refractivity contribution in [3.05, 3.63) is 72.9 Å². The summed E-state index contributed by atoms with van der Waals surface area (Å²) in [5, 5.41) is 19.4. The molecule has 0 aromatic heterocycles. The second kappa shape index (κ2) is 30.3. The third-order valence-corrected chi connectivity index (χ3v) is 6.11. The lowest BCUT2D eigenvalue weighted by Crippen LogP contribution is -2.28. The molecule has 2 atom stereocenters. The Bertz CT molecular complexity index is 805. The van der Waals surface area contributed by atoms with Crippen LogP contribution < -0.4 is 0 Å². The van der Waals surface area contributed by atoms with Crippen molar-refractivity contribution in [1.82, 2.24) is 0 Å². The molecule has 2 N–H and O–H groups in total. The number of carbonyl (C=O) groups is 2. The minimum Gasteiger partial charge on any atom is -0.462 e. The Morgan fingerprint density at radius 3 is 2.05 bits per heavy atom. The summed E-state index contributed by atoms with van der Waals surface area (Å²) >= 11 is 0. The van der Waals surface area contributed by atoms with Crippen LogP contribution in [0.3, 0.4) is 0 Å². The van der Waals surface area contributed by atoms with Gasteiger partial charge in [0.25, 0.3) is 0 Å². The zero-order chi connectivity index (χ0) is 30.2. The van der Waals surface area contributed by atoms with E-state index < -0.39 is 18.2 Å². The minimum absolute atomic E-state index is 0.114. The molecule has 0 aliphatic rings. The van der Waals surface area contributed by atoms with E-state index in [0.29, 0.717) is 19.3 Å². The van der Waals surface area contributed by atoms with Crippen LogP contribution in [0, 0.1) is 0 Å². The highest BCUT2D eigenvalue weighted by Gasteiger charge is 2.15. The molecule has 6 heteroatoms. The maximum absolute atomic E-state index is 12.0. The predicted molar refractivity (Wildman–Crippen MR) is 169 cm³/mol. The van der Waals surface area contributed by atoms with Crippen molar-refractivity contribution in [2.24, 2.45) is 0 Å². The Morgan fingerprint density at radius 2 is 1.34 bits per heavy atom. The molecule has 0 aliphatic heterocycles. The van der Waals surface area contributed by atoms with Gasteiger partial charge < -0.3 is 19.7 Å². The Hall–Kier alpha value is -2.70. The average molecular weight is 573 g/mol. The van der Waals surface area contributed by atoms with Crippen molar-refractivity contribution in [3.8, 4) is 0 Å². The van der Waals surface area contributed by atoms with E-state index in [1.807, 2.05) is 36.5 Å². The molecule has 0 spiro atoms. The standard InChI is InChI=1S/C35H56O6/c1-3-5-7-9-15-20-24-28-34(38)40-31-33(30-36)41-35(39)29-25-21-17-14-12-11-13-16-19-23-27-32(37)26-22-18-10-8-6-4-2/h6,8,11-12,16-19,21-23,27,32-33,36-37H,3-5,7,9-10,13-15,20,24-26,28-31H2,1-2H3/b8-6-,12-11-,19-16-,21-17-,22-18-,27-23+/t32?,33-/m0/s1. The summed E-state index contributed by atoms with van der Waals surface area (Å²) in [4.78, 5) is 23.9. The lowest BCUT2D eigenvalue weighted by Gasteiger charge is -2.15. The molecule has 0 saturated carbocycles. The zero-order valence-electron chi connectivity index (χ0n) is 25.6. The number of ether oxygens (including phenoxy) is 2. The summed E-state index contributed by atoms with van der Waals surface area (Å²) in [5.41, 5.74) is 0. The fraction of sp³-hybridized carbons (Fsp3) is 0.600. The number of hydrogen-bond donors (Lipinski definition) is 2. The topological polar surface area (TPSA) is 93.1 Å². The second-order valence-electron chi connectivity index (χ2n) is 10.0. The molecule has 6 nitrogen and oxygen atoms in total. The highest BCUT2D eigenvalue weighted by molar-refractivity contribution is 5.70. The largest absolute Gasteiger partial charge is 0.462 e. The van der Waals surface area contributed by atoms with E-state index >= 15 is 0 Å². The highest BCUT2D eigenvalue weighted by atomic mass is 16.6. The molecule has 0 amide bonds. The maximum Gasteiger partial charge on any atom is 0.306 e. The van der Waals surface area contributed by atoms with Crippen LogP contribution in [0.25, 0.3) is 0 Å². The van der Waals surface area contributed by atoms with Crippen molar-refractivity contribution in [2.75, 3.05) is 13.2 Å². The average Bonchev–Trinajstić information content (AvgIpc) is 2.97. The molecule has 0 heterocycles. The summed E-state index contributed by atoms with van der Waals surface area (Å²) in [5.74, 6) is -0.736. The number of hydrogen-bond acceptors (Lipinski definition) is 6. The number of allylic oxidation sites excluding steroid dienone is 10. The van der Waals surface area contributed by atoms with Gasteiger partial charge in [-0.05, 0) is 44.9 Å². The van der Waals surface area contributed by atoms with Crippen LogP contribution in [0.15, 0.2) is 72.9 Å². The Kier molecular flexibility index (Phi) is 28.3. The smallest absolute Gasteiger partial charge is 0.306 e. The van der Waals surface area contributed by atoms with Crippen molar-refractivity contribution >= 4 is 11.9 Å². The first-order valence-corrected chi connectivity index (χ1v) is 15.6. The number of rotatable bonds is 26. The van der Waals surface area contributed by atoms with Gasteiger partial charge in [0.1, 0.15) is 6.61 Å². The first kappa shape index (κ1) is 38.3. The predicted octanol–water partition coefficient (Wildman–Crippen LogP) is 8.02. The van der Waals surface area contributed by atoms with E-state index in [1.165, 1.54) is 25.7 Å². The fourth-order valence-corrected chi connectivity index (χ4v) is 3.72. The number of unbranched alkanes of at least 4 members (excludes halogenated alkanes) is 6. The van der Waals surface area contributed by atoms with Gasteiger partial charge in [-0.2, -0.15) is 0 Å². The van der Waals surface area contributed by atoms with E-state index in [9.17, 15) is 19.8 Å². The summed E-state index contributed by atoms with van der Waals surface area (Å²) < 4.78 is 10.4. The van der Waals surface area contributed by atoms with E-state index in [1.54, 1.807) is 6.08 Å². The Labute approximate surface area is 249 Å². The lowest BCUT2D eigenvalue weighted by atomic mass is 10.1. The van der Waals surface area contributed by atoms with Gasteiger partial charge >= 0.3 is 11.9 Å². The van der Waals surface area contributed by atoms with E-state index in [0.717, 1.165) is 44.9 Å². The van der Waals surface area contributed by atoms with Crippen LogP contribution >= 0.6 is 0 Å². The number of aliphatic hydroxyl groups excluding tert-OH is 2. The molecule has 0 saturated heterocycles. The molecule has 0 bridgehead atoms. The van der Waals surface area contributed by atoms with Crippen LogP contribution in [-0.4, -0.2) is 47.6 Å². The van der Waals surface area contributed by atoms with Crippen molar-refractivity contribution in [2.45, 2.75) is 122 Å². The van der Waals surface area contributed by atoms with Crippen LogP contribution in [-0.2, 0) is 19.1 Å². The molecule has 0 aromatic carbocycles. The van der Waals surface area contributed by atoms with Gasteiger partial charge in [-0.3, -0.25) is 9.59 Å². The van der Waals surface area contributed by atoms with Crippen LogP contribution in [0.1, 0.15) is 110 Å². The summed E-state index contributed by atoms with van der Waals surface area (Å²) in [6.07, 6.45) is 35.8. The molecular weight excluding hydrogens is 516 g/mol. The second-order valence-corrected chi connectivity index (χ2v) is 10.0. The molecule has 1 unspecified atom stereocenters. The third kappa shape index (κ3) is 28.6. The molecule has 0 rings (SSSR count). The quantitative estimate of drug-likeness (QED) is 0.0472. The fourth-order valence-electron chi connectivity index (χ4n) is 3.72. The van der Waals surface area contributed by atoms with E-state index in [4.69, 9.17) is 9.47 Å². The van der Waals surface area contributed by atoms with Crippen LogP contribution in [0.5, 0.6) is 0 Å². The summed E-state index contributed by atoms with van der Waals surface area (Å²) in [7, 11) is 0. The van der Waals surface area contributed by atoms with Gasteiger partial charge in [0, 0.05) is 12.8 Å². The minimum atomic E-state index is -0.826.